The van der Waals surface area contributed by atoms with Crippen molar-refractivity contribution in [1.29, 1.82) is 0 Å². The second-order valence-electron chi connectivity index (χ2n) is 13.3. The monoisotopic (exact) mass is 643 g/mol. The molecule has 1 aliphatic heterocycles. The number of rotatable bonds is 5. The molecule has 0 saturated carbocycles. The topological polar surface area (TPSA) is 38.7 Å². The van der Waals surface area contributed by atoms with Crippen molar-refractivity contribution in [1.82, 2.24) is 15.0 Å². The van der Waals surface area contributed by atoms with Gasteiger partial charge in [-0.15, -0.1) is 0 Å². The first-order valence-electron chi connectivity index (χ1n) is 16.8. The first-order chi connectivity index (χ1) is 24.0. The lowest BCUT2D eigenvalue weighted by atomic mass is 9.99. The zero-order chi connectivity index (χ0) is 33.0. The summed E-state index contributed by atoms with van der Waals surface area (Å²) in [4.78, 5) is 15.7. The zero-order valence-electron chi connectivity index (χ0n) is 27.4. The number of benzene rings is 7. The molecule has 49 heavy (non-hydrogen) atoms. The predicted octanol–water partition coefficient (Wildman–Crippen LogP) is 10.2. The maximum absolute atomic E-state index is 5.26. The summed E-state index contributed by atoms with van der Waals surface area (Å²) in [5.74, 6) is 2.06. The van der Waals surface area contributed by atoms with Gasteiger partial charge >= 0.3 is 0 Å². The average Bonchev–Trinajstić information content (AvgIpc) is 3.41. The van der Waals surface area contributed by atoms with E-state index >= 15 is 0 Å². The fourth-order valence-electron chi connectivity index (χ4n) is 7.45. The second kappa shape index (κ2) is 11.6. The minimum absolute atomic E-state index is 0.671. The van der Waals surface area contributed by atoms with Crippen molar-refractivity contribution in [2.75, 3.05) is 0 Å². The summed E-state index contributed by atoms with van der Waals surface area (Å²) in [5, 5.41) is 5.19. The lowest BCUT2D eigenvalue weighted by Gasteiger charge is -2.22. The van der Waals surface area contributed by atoms with Crippen molar-refractivity contribution in [3.8, 4) is 67.5 Å². The largest absolute Gasteiger partial charge is 0.208 e. The summed E-state index contributed by atoms with van der Waals surface area (Å²) in [6.07, 6.45) is 0. The van der Waals surface area contributed by atoms with E-state index in [1.165, 1.54) is 38.0 Å². The van der Waals surface area contributed by atoms with Crippen molar-refractivity contribution in [2.24, 2.45) is 0 Å². The highest BCUT2D eigenvalue weighted by molar-refractivity contribution is 7.04. The van der Waals surface area contributed by atoms with Crippen molar-refractivity contribution in [2.45, 2.75) is 13.1 Å². The quantitative estimate of drug-likeness (QED) is 0.175. The molecule has 8 aromatic rings. The van der Waals surface area contributed by atoms with Gasteiger partial charge in [-0.05, 0) is 72.7 Å². The van der Waals surface area contributed by atoms with Crippen LogP contribution in [0.3, 0.4) is 0 Å². The second-order valence-corrected chi connectivity index (χ2v) is 17.6. The molecule has 4 heteroatoms. The first kappa shape index (κ1) is 29.2. The number of nitrogens with zero attached hydrogens (tertiary/aromatic N) is 3. The van der Waals surface area contributed by atoms with Crippen LogP contribution in [-0.2, 0) is 0 Å². The molecular weight excluding hydrogens is 611 g/mol. The minimum Gasteiger partial charge on any atom is -0.208 e. The molecule has 0 radical (unpaired) electrons. The van der Waals surface area contributed by atoms with Crippen LogP contribution in [-0.4, -0.2) is 23.0 Å². The van der Waals surface area contributed by atoms with Crippen LogP contribution in [0.4, 0.5) is 0 Å². The third-order valence-corrected chi connectivity index (χ3v) is 13.5. The van der Waals surface area contributed by atoms with Gasteiger partial charge in [-0.1, -0.05) is 159 Å². The Balaban J connectivity index is 1.22. The molecule has 2 heterocycles. The summed E-state index contributed by atoms with van der Waals surface area (Å²) >= 11 is 0. The number of hydrogen-bond donors (Lipinski definition) is 0. The number of hydrogen-bond acceptors (Lipinski definition) is 3. The van der Waals surface area contributed by atoms with Crippen molar-refractivity contribution < 1.29 is 0 Å². The lowest BCUT2D eigenvalue weighted by molar-refractivity contribution is 1.08. The molecule has 3 nitrogen and oxygen atoms in total. The van der Waals surface area contributed by atoms with Gasteiger partial charge in [0.15, 0.2) is 17.5 Å². The van der Waals surface area contributed by atoms with Crippen LogP contribution in [0.15, 0.2) is 164 Å². The Hall–Kier alpha value is -5.97. The van der Waals surface area contributed by atoms with Crippen LogP contribution in [0.2, 0.25) is 13.1 Å². The average molecular weight is 644 g/mol. The van der Waals surface area contributed by atoms with Crippen LogP contribution in [0.5, 0.6) is 0 Å². The van der Waals surface area contributed by atoms with E-state index in [4.69, 9.17) is 15.0 Å². The smallest absolute Gasteiger partial charge is 0.164 e. The summed E-state index contributed by atoms with van der Waals surface area (Å²) < 4.78 is 0. The van der Waals surface area contributed by atoms with Crippen LogP contribution < -0.4 is 10.4 Å². The normalized spacial score (nSPS) is 12.9. The van der Waals surface area contributed by atoms with Gasteiger partial charge in [0.2, 0.25) is 0 Å². The molecular formula is C45H33N3Si. The molecule has 0 atom stereocenters. The van der Waals surface area contributed by atoms with Gasteiger partial charge in [-0.2, -0.15) is 0 Å². The van der Waals surface area contributed by atoms with E-state index in [0.717, 1.165) is 39.0 Å². The summed E-state index contributed by atoms with van der Waals surface area (Å²) in [6, 6.07) is 58.2. The highest BCUT2D eigenvalue weighted by Gasteiger charge is 2.39. The van der Waals surface area contributed by atoms with Gasteiger partial charge in [-0.3, -0.25) is 0 Å². The third-order valence-electron chi connectivity index (χ3n) is 9.89. The number of fused-ring (bicyclic) bond motifs is 4. The molecule has 0 N–H and O–H groups in total. The van der Waals surface area contributed by atoms with Crippen molar-refractivity contribution >= 4 is 29.2 Å². The highest BCUT2D eigenvalue weighted by Crippen LogP contribution is 2.35. The molecule has 0 amide bonds. The van der Waals surface area contributed by atoms with E-state index in [-0.39, 0.29) is 0 Å². The summed E-state index contributed by atoms with van der Waals surface area (Å²) in [7, 11) is -2.03. The van der Waals surface area contributed by atoms with Crippen molar-refractivity contribution in [3.05, 3.63) is 164 Å². The van der Waals surface area contributed by atoms with E-state index in [1.807, 2.05) is 6.07 Å². The Labute approximate surface area is 287 Å². The lowest BCUT2D eigenvalue weighted by Crippen LogP contribution is -2.50. The zero-order valence-corrected chi connectivity index (χ0v) is 28.4. The van der Waals surface area contributed by atoms with Gasteiger partial charge in [-0.25, -0.2) is 15.0 Å². The fourth-order valence-corrected chi connectivity index (χ4v) is 10.9. The van der Waals surface area contributed by atoms with Crippen molar-refractivity contribution in [3.63, 3.8) is 0 Å². The SMILES string of the molecule is C[Si]1(C)c2ccccc2-c2cccc(-c3nc(-c4cccc(-c5ccccc5)c4)nc(-c4ccc5cc(-c6ccccc6)ccc5c4)n3)c21. The van der Waals surface area contributed by atoms with E-state index in [1.54, 1.807) is 0 Å². The Morgan fingerprint density at radius 3 is 1.53 bits per heavy atom. The van der Waals surface area contributed by atoms with Crippen LogP contribution >= 0.6 is 0 Å². The highest BCUT2D eigenvalue weighted by atomic mass is 28.3. The molecule has 232 valence electrons. The van der Waals surface area contributed by atoms with Gasteiger partial charge in [0.1, 0.15) is 8.07 Å². The van der Waals surface area contributed by atoms with Gasteiger partial charge < -0.3 is 0 Å². The molecule has 9 rings (SSSR count). The molecule has 1 aliphatic rings. The molecule has 0 spiro atoms. The Morgan fingerprint density at radius 2 is 0.816 bits per heavy atom. The van der Waals surface area contributed by atoms with Crippen LogP contribution in [0.1, 0.15) is 0 Å². The minimum atomic E-state index is -2.03. The third kappa shape index (κ3) is 5.09. The maximum atomic E-state index is 5.26. The van der Waals surface area contributed by atoms with E-state index in [2.05, 4.69) is 171 Å². The fraction of sp³-hybridized carbons (Fsp3) is 0.0444. The molecule has 0 unspecified atom stereocenters. The first-order valence-corrected chi connectivity index (χ1v) is 19.8. The standard InChI is InChI=1S/C45H33N3Si/c1-49(2)41-22-10-9-19-38(41)39-20-12-21-40(42(39)49)45-47-43(36-18-11-17-32(28-36)30-13-5-3-6-14-30)46-44(48-45)37-26-25-34-27-33(23-24-35(34)29-37)31-15-7-4-8-16-31/h3-29H,1-2H3. The summed E-state index contributed by atoms with van der Waals surface area (Å²) in [6.45, 7) is 4.89. The molecule has 0 fully saturated rings. The van der Waals surface area contributed by atoms with E-state index in [9.17, 15) is 0 Å². The molecule has 7 aromatic carbocycles. The van der Waals surface area contributed by atoms with Gasteiger partial charge in [0.05, 0.1) is 0 Å². The van der Waals surface area contributed by atoms with Crippen LogP contribution in [0.25, 0.3) is 78.3 Å². The Kier molecular flexibility index (Phi) is 6.92. The summed E-state index contributed by atoms with van der Waals surface area (Å²) in [5.41, 5.74) is 10.4. The maximum Gasteiger partial charge on any atom is 0.164 e. The molecule has 0 saturated heterocycles. The van der Waals surface area contributed by atoms with Crippen LogP contribution in [0, 0.1) is 0 Å². The molecule has 0 bridgehead atoms. The number of aromatic nitrogens is 3. The van der Waals surface area contributed by atoms with Gasteiger partial charge in [0, 0.05) is 16.7 Å². The van der Waals surface area contributed by atoms with E-state index in [0.29, 0.717) is 11.6 Å². The molecule has 0 aliphatic carbocycles. The van der Waals surface area contributed by atoms with E-state index < -0.39 is 8.07 Å². The predicted molar refractivity (Wildman–Crippen MR) is 207 cm³/mol. The van der Waals surface area contributed by atoms with Gasteiger partial charge in [0.25, 0.3) is 0 Å². The Bertz CT molecular complexity index is 2520. The Morgan fingerprint density at radius 1 is 0.347 bits per heavy atom. The molecule has 1 aromatic heterocycles.